The van der Waals surface area contributed by atoms with Crippen molar-refractivity contribution >= 4 is 10.9 Å². The van der Waals surface area contributed by atoms with Crippen molar-refractivity contribution < 1.29 is 0 Å². The molecule has 0 radical (unpaired) electrons. The molecule has 92 valence electrons. The Hall–Kier alpha value is -1.28. The molecule has 0 unspecified atom stereocenters. The molecule has 0 saturated carbocycles. The second kappa shape index (κ2) is 4.92. The number of nitrogens with zero attached hydrogens (tertiary/aromatic N) is 1. The first-order valence-corrected chi connectivity index (χ1v) is 6.48. The normalized spacial score (nSPS) is 11.3. The molecule has 2 nitrogen and oxygen atoms in total. The molecule has 0 spiro atoms. The molecular formula is C15H22N2. The van der Waals surface area contributed by atoms with Gasteiger partial charge in [0.1, 0.15) is 0 Å². The summed E-state index contributed by atoms with van der Waals surface area (Å²) in [5.74, 6) is 0. The fourth-order valence-electron chi connectivity index (χ4n) is 2.78. The van der Waals surface area contributed by atoms with Crippen LogP contribution < -0.4 is 5.73 Å². The molecule has 0 saturated heterocycles. The van der Waals surface area contributed by atoms with Gasteiger partial charge in [0.15, 0.2) is 0 Å². The average Bonchev–Trinajstić information content (AvgIpc) is 2.60. The molecule has 0 bridgehead atoms. The zero-order chi connectivity index (χ0) is 12.4. The van der Waals surface area contributed by atoms with Gasteiger partial charge in [-0.2, -0.15) is 0 Å². The van der Waals surface area contributed by atoms with Gasteiger partial charge in [-0.3, -0.25) is 0 Å². The van der Waals surface area contributed by atoms with E-state index in [0.717, 1.165) is 25.9 Å². The van der Waals surface area contributed by atoms with Gasteiger partial charge >= 0.3 is 0 Å². The van der Waals surface area contributed by atoms with E-state index in [0.29, 0.717) is 0 Å². The van der Waals surface area contributed by atoms with Gasteiger partial charge in [0.2, 0.25) is 0 Å². The number of nitrogens with two attached hydrogens (primary N) is 1. The van der Waals surface area contributed by atoms with Crippen molar-refractivity contribution in [3.05, 3.63) is 35.0 Å². The van der Waals surface area contributed by atoms with Crippen LogP contribution in [0.5, 0.6) is 0 Å². The van der Waals surface area contributed by atoms with Crippen LogP contribution in [0.4, 0.5) is 0 Å². The van der Waals surface area contributed by atoms with Crippen LogP contribution in [0, 0.1) is 13.8 Å². The lowest BCUT2D eigenvalue weighted by Crippen LogP contribution is -2.02. The highest BCUT2D eigenvalue weighted by Gasteiger charge is 2.13. The van der Waals surface area contributed by atoms with E-state index in [-0.39, 0.29) is 0 Å². The van der Waals surface area contributed by atoms with E-state index in [4.69, 9.17) is 5.73 Å². The number of fused-ring (bicyclic) bond motifs is 1. The number of hydrogen-bond acceptors (Lipinski definition) is 1. The van der Waals surface area contributed by atoms with Crippen LogP contribution in [-0.4, -0.2) is 11.1 Å². The summed E-state index contributed by atoms with van der Waals surface area (Å²) in [6.45, 7) is 8.45. The standard InChI is InChI=1S/C15H22N2/c1-4-17-12(3)13(9-6-10-16)14-8-5-7-11(2)15(14)17/h5,7-8H,4,6,9-10,16H2,1-3H3. The largest absolute Gasteiger partial charge is 0.345 e. The van der Waals surface area contributed by atoms with Gasteiger partial charge in [-0.15, -0.1) is 0 Å². The van der Waals surface area contributed by atoms with Crippen LogP contribution >= 0.6 is 0 Å². The van der Waals surface area contributed by atoms with Crippen LogP contribution in [0.25, 0.3) is 10.9 Å². The minimum Gasteiger partial charge on any atom is -0.345 e. The third-order valence-corrected chi connectivity index (χ3v) is 3.62. The maximum atomic E-state index is 5.63. The van der Waals surface area contributed by atoms with Crippen molar-refractivity contribution in [2.24, 2.45) is 5.73 Å². The summed E-state index contributed by atoms with van der Waals surface area (Å²) >= 11 is 0. The van der Waals surface area contributed by atoms with Crippen molar-refractivity contribution in [1.29, 1.82) is 0 Å². The molecule has 2 rings (SSSR count). The number of aromatic nitrogens is 1. The van der Waals surface area contributed by atoms with Gasteiger partial charge in [0.25, 0.3) is 0 Å². The van der Waals surface area contributed by atoms with Crippen molar-refractivity contribution in [3.63, 3.8) is 0 Å². The minimum absolute atomic E-state index is 0.768. The molecule has 17 heavy (non-hydrogen) atoms. The van der Waals surface area contributed by atoms with Gasteiger partial charge < -0.3 is 10.3 Å². The van der Waals surface area contributed by atoms with Crippen LogP contribution in [0.3, 0.4) is 0 Å². The van der Waals surface area contributed by atoms with E-state index in [1.807, 2.05) is 0 Å². The van der Waals surface area contributed by atoms with Crippen molar-refractivity contribution in [3.8, 4) is 0 Å². The zero-order valence-corrected chi connectivity index (χ0v) is 11.1. The Balaban J connectivity index is 2.66. The van der Waals surface area contributed by atoms with E-state index in [1.54, 1.807) is 0 Å². The molecule has 2 N–H and O–H groups in total. The first-order chi connectivity index (χ1) is 8.20. The summed E-state index contributed by atoms with van der Waals surface area (Å²) in [5, 5.41) is 1.41. The third kappa shape index (κ3) is 1.98. The molecule has 0 atom stereocenters. The van der Waals surface area contributed by atoms with Gasteiger partial charge in [-0.05, 0) is 51.3 Å². The molecule has 0 fully saturated rings. The Bertz CT molecular complexity index is 523. The topological polar surface area (TPSA) is 30.9 Å². The van der Waals surface area contributed by atoms with Crippen LogP contribution in [0.2, 0.25) is 0 Å². The highest BCUT2D eigenvalue weighted by Crippen LogP contribution is 2.29. The molecular weight excluding hydrogens is 208 g/mol. The minimum atomic E-state index is 0.768. The van der Waals surface area contributed by atoms with E-state index in [1.165, 1.54) is 27.7 Å². The maximum Gasteiger partial charge on any atom is 0.0514 e. The molecule has 1 heterocycles. The Morgan fingerprint density at radius 3 is 2.65 bits per heavy atom. The van der Waals surface area contributed by atoms with E-state index in [2.05, 4.69) is 43.5 Å². The number of hydrogen-bond donors (Lipinski definition) is 1. The smallest absolute Gasteiger partial charge is 0.0514 e. The predicted octanol–water partition coefficient (Wildman–Crippen LogP) is 3.17. The third-order valence-electron chi connectivity index (χ3n) is 3.62. The van der Waals surface area contributed by atoms with Crippen LogP contribution in [-0.2, 0) is 13.0 Å². The van der Waals surface area contributed by atoms with E-state index in [9.17, 15) is 0 Å². The van der Waals surface area contributed by atoms with E-state index >= 15 is 0 Å². The Morgan fingerprint density at radius 2 is 2.00 bits per heavy atom. The van der Waals surface area contributed by atoms with Gasteiger partial charge in [-0.25, -0.2) is 0 Å². The number of aryl methyl sites for hydroxylation is 3. The molecule has 0 aliphatic heterocycles. The quantitative estimate of drug-likeness (QED) is 0.859. The Kier molecular flexibility index (Phi) is 3.53. The molecule has 0 amide bonds. The van der Waals surface area contributed by atoms with Gasteiger partial charge in [0.05, 0.1) is 5.52 Å². The van der Waals surface area contributed by atoms with Gasteiger partial charge in [-0.1, -0.05) is 18.2 Å². The fraction of sp³-hybridized carbons (Fsp3) is 0.467. The lowest BCUT2D eigenvalue weighted by molar-refractivity contribution is 0.751. The number of benzene rings is 1. The fourth-order valence-corrected chi connectivity index (χ4v) is 2.78. The van der Waals surface area contributed by atoms with Gasteiger partial charge in [0, 0.05) is 17.6 Å². The predicted molar refractivity (Wildman–Crippen MR) is 74.5 cm³/mol. The summed E-state index contributed by atoms with van der Waals surface area (Å²) < 4.78 is 2.43. The Morgan fingerprint density at radius 1 is 1.24 bits per heavy atom. The van der Waals surface area contributed by atoms with Crippen molar-refractivity contribution in [1.82, 2.24) is 4.57 Å². The lowest BCUT2D eigenvalue weighted by Gasteiger charge is -2.06. The Labute approximate surface area is 103 Å². The monoisotopic (exact) mass is 230 g/mol. The molecule has 1 aromatic carbocycles. The van der Waals surface area contributed by atoms with Crippen molar-refractivity contribution in [2.45, 2.75) is 40.2 Å². The summed E-state index contributed by atoms with van der Waals surface area (Å²) in [5.41, 5.74) is 11.3. The first-order valence-electron chi connectivity index (χ1n) is 6.48. The lowest BCUT2D eigenvalue weighted by atomic mass is 10.0. The first kappa shape index (κ1) is 12.2. The number of rotatable bonds is 4. The van der Waals surface area contributed by atoms with Crippen LogP contribution in [0.15, 0.2) is 18.2 Å². The maximum absolute atomic E-state index is 5.63. The highest BCUT2D eigenvalue weighted by atomic mass is 15.0. The summed E-state index contributed by atoms with van der Waals surface area (Å²) in [4.78, 5) is 0. The second-order valence-electron chi connectivity index (χ2n) is 4.67. The highest BCUT2D eigenvalue weighted by molar-refractivity contribution is 5.88. The molecule has 0 aliphatic rings. The molecule has 0 aliphatic carbocycles. The van der Waals surface area contributed by atoms with Crippen molar-refractivity contribution in [2.75, 3.05) is 6.54 Å². The average molecular weight is 230 g/mol. The summed E-state index contributed by atoms with van der Waals surface area (Å²) in [6.07, 6.45) is 2.16. The second-order valence-corrected chi connectivity index (χ2v) is 4.67. The SMILES string of the molecule is CCn1c(C)c(CCCN)c2cccc(C)c21. The van der Waals surface area contributed by atoms with E-state index < -0.39 is 0 Å². The molecule has 1 aromatic heterocycles. The van der Waals surface area contributed by atoms with Crippen LogP contribution in [0.1, 0.15) is 30.2 Å². The number of para-hydroxylation sites is 1. The zero-order valence-electron chi connectivity index (χ0n) is 11.1. The molecule has 2 aromatic rings. The summed E-state index contributed by atoms with van der Waals surface area (Å²) in [6, 6.07) is 6.59. The summed E-state index contributed by atoms with van der Waals surface area (Å²) in [7, 11) is 0. The molecule has 2 heteroatoms.